The van der Waals surface area contributed by atoms with E-state index in [-0.39, 0.29) is 6.03 Å². The molecule has 0 aliphatic heterocycles. The molecule has 112 valence electrons. The van der Waals surface area contributed by atoms with Gasteiger partial charge < -0.3 is 16.0 Å². The van der Waals surface area contributed by atoms with Gasteiger partial charge in [0.1, 0.15) is 0 Å². The third-order valence-corrected chi connectivity index (χ3v) is 3.69. The van der Waals surface area contributed by atoms with Crippen LogP contribution >= 0.6 is 11.8 Å². The number of urea groups is 1. The minimum Gasteiger partial charge on any atom is -0.338 e. The molecule has 0 heterocycles. The van der Waals surface area contributed by atoms with E-state index in [0.717, 1.165) is 24.4 Å². The van der Waals surface area contributed by atoms with E-state index in [1.54, 1.807) is 11.8 Å². The second-order valence-electron chi connectivity index (χ2n) is 4.63. The van der Waals surface area contributed by atoms with E-state index in [4.69, 9.17) is 0 Å². The Kier molecular flexibility index (Phi) is 8.14. The normalized spacial score (nSPS) is 11.9. The van der Waals surface area contributed by atoms with Crippen molar-refractivity contribution in [2.24, 2.45) is 0 Å². The van der Waals surface area contributed by atoms with Crippen LogP contribution < -0.4 is 16.0 Å². The van der Waals surface area contributed by atoms with Crippen LogP contribution in [0.15, 0.2) is 24.3 Å². The van der Waals surface area contributed by atoms with Crippen LogP contribution in [0.1, 0.15) is 31.9 Å². The largest absolute Gasteiger partial charge is 0.338 e. The maximum atomic E-state index is 11.7. The van der Waals surface area contributed by atoms with Gasteiger partial charge in [-0.25, -0.2) is 4.79 Å². The molecule has 1 aromatic rings. The Morgan fingerprint density at radius 2 is 2.00 bits per heavy atom. The van der Waals surface area contributed by atoms with Crippen LogP contribution in [0, 0.1) is 0 Å². The van der Waals surface area contributed by atoms with Crippen molar-refractivity contribution >= 4 is 23.5 Å². The SMILES string of the molecule is CCNC(C)c1ccc(NC(=O)NCCCSC)cc1. The van der Waals surface area contributed by atoms with Gasteiger partial charge >= 0.3 is 6.03 Å². The fourth-order valence-corrected chi connectivity index (χ4v) is 2.31. The van der Waals surface area contributed by atoms with Gasteiger partial charge in [-0.15, -0.1) is 0 Å². The van der Waals surface area contributed by atoms with E-state index in [2.05, 4.69) is 36.1 Å². The molecule has 0 radical (unpaired) electrons. The second kappa shape index (κ2) is 9.66. The summed E-state index contributed by atoms with van der Waals surface area (Å²) in [5.74, 6) is 1.07. The molecule has 0 fully saturated rings. The molecular weight excluding hydrogens is 270 g/mol. The van der Waals surface area contributed by atoms with Crippen molar-refractivity contribution < 1.29 is 4.79 Å². The van der Waals surface area contributed by atoms with E-state index in [1.165, 1.54) is 5.56 Å². The molecule has 0 aliphatic carbocycles. The first-order chi connectivity index (χ1) is 9.67. The Hall–Kier alpha value is -1.20. The number of hydrogen-bond donors (Lipinski definition) is 3. The number of benzene rings is 1. The highest BCUT2D eigenvalue weighted by atomic mass is 32.2. The summed E-state index contributed by atoms with van der Waals surface area (Å²) in [7, 11) is 0. The predicted octanol–water partition coefficient (Wildman–Crippen LogP) is 3.23. The highest BCUT2D eigenvalue weighted by Gasteiger charge is 2.04. The van der Waals surface area contributed by atoms with E-state index in [0.29, 0.717) is 12.6 Å². The fraction of sp³-hybridized carbons (Fsp3) is 0.533. The highest BCUT2D eigenvalue weighted by molar-refractivity contribution is 7.98. The van der Waals surface area contributed by atoms with Crippen LogP contribution in [0.25, 0.3) is 0 Å². The monoisotopic (exact) mass is 295 g/mol. The zero-order chi connectivity index (χ0) is 14.8. The standard InChI is InChI=1S/C15H25N3OS/c1-4-16-12(2)13-6-8-14(9-7-13)18-15(19)17-10-5-11-20-3/h6-9,12,16H,4-5,10-11H2,1-3H3,(H2,17,18,19). The molecule has 4 nitrogen and oxygen atoms in total. The lowest BCUT2D eigenvalue weighted by atomic mass is 10.1. The first-order valence-electron chi connectivity index (χ1n) is 7.04. The van der Waals surface area contributed by atoms with Crippen LogP contribution in [0.3, 0.4) is 0 Å². The van der Waals surface area contributed by atoms with Crippen molar-refractivity contribution in [1.82, 2.24) is 10.6 Å². The molecule has 5 heteroatoms. The van der Waals surface area contributed by atoms with Crippen molar-refractivity contribution in [2.45, 2.75) is 26.3 Å². The summed E-state index contributed by atoms with van der Waals surface area (Å²) < 4.78 is 0. The predicted molar refractivity (Wildman–Crippen MR) is 88.6 cm³/mol. The third-order valence-electron chi connectivity index (χ3n) is 2.99. The fourth-order valence-electron chi connectivity index (χ4n) is 1.87. The first-order valence-corrected chi connectivity index (χ1v) is 8.44. The Balaban J connectivity index is 2.39. The van der Waals surface area contributed by atoms with Gasteiger partial charge in [-0.2, -0.15) is 11.8 Å². The van der Waals surface area contributed by atoms with Crippen molar-refractivity contribution in [3.63, 3.8) is 0 Å². The van der Waals surface area contributed by atoms with E-state index < -0.39 is 0 Å². The highest BCUT2D eigenvalue weighted by Crippen LogP contribution is 2.15. The van der Waals surface area contributed by atoms with E-state index in [1.807, 2.05) is 24.3 Å². The van der Waals surface area contributed by atoms with Gasteiger partial charge in [0, 0.05) is 18.3 Å². The molecule has 2 amide bonds. The maximum Gasteiger partial charge on any atom is 0.319 e. The van der Waals surface area contributed by atoms with Crippen LogP contribution in [0.5, 0.6) is 0 Å². The Labute approximate surface area is 126 Å². The second-order valence-corrected chi connectivity index (χ2v) is 5.61. The first kappa shape index (κ1) is 16.9. The summed E-state index contributed by atoms with van der Waals surface area (Å²) in [5.41, 5.74) is 2.04. The lowest BCUT2D eigenvalue weighted by Gasteiger charge is -2.13. The summed E-state index contributed by atoms with van der Waals surface area (Å²) in [4.78, 5) is 11.7. The molecule has 1 aromatic carbocycles. The van der Waals surface area contributed by atoms with Gasteiger partial charge in [0.15, 0.2) is 0 Å². The molecule has 0 spiro atoms. The van der Waals surface area contributed by atoms with Crippen molar-refractivity contribution in [3.05, 3.63) is 29.8 Å². The molecule has 0 saturated carbocycles. The number of carbonyl (C=O) groups is 1. The van der Waals surface area contributed by atoms with Crippen LogP contribution in [-0.2, 0) is 0 Å². The average molecular weight is 295 g/mol. The number of rotatable bonds is 8. The van der Waals surface area contributed by atoms with Crippen LogP contribution in [-0.4, -0.2) is 31.1 Å². The summed E-state index contributed by atoms with van der Waals surface area (Å²) in [6.45, 7) is 5.88. The van der Waals surface area contributed by atoms with Gasteiger partial charge in [-0.1, -0.05) is 19.1 Å². The number of thioether (sulfide) groups is 1. The summed E-state index contributed by atoms with van der Waals surface area (Å²) >= 11 is 1.79. The zero-order valence-electron chi connectivity index (χ0n) is 12.5. The van der Waals surface area contributed by atoms with Crippen molar-refractivity contribution in [3.8, 4) is 0 Å². The van der Waals surface area contributed by atoms with Gasteiger partial charge in [-0.3, -0.25) is 0 Å². The number of hydrogen-bond acceptors (Lipinski definition) is 3. The quantitative estimate of drug-likeness (QED) is 0.645. The van der Waals surface area contributed by atoms with Gasteiger partial charge in [0.25, 0.3) is 0 Å². The molecule has 1 unspecified atom stereocenters. The molecule has 0 aromatic heterocycles. The van der Waals surface area contributed by atoms with Gasteiger partial charge in [0.2, 0.25) is 0 Å². The topological polar surface area (TPSA) is 53.2 Å². The van der Waals surface area contributed by atoms with E-state index in [9.17, 15) is 4.79 Å². The number of nitrogens with one attached hydrogen (secondary N) is 3. The molecule has 0 bridgehead atoms. The Morgan fingerprint density at radius 1 is 1.30 bits per heavy atom. The van der Waals surface area contributed by atoms with E-state index >= 15 is 0 Å². The number of carbonyl (C=O) groups excluding carboxylic acids is 1. The molecule has 3 N–H and O–H groups in total. The average Bonchev–Trinajstić information content (AvgIpc) is 2.45. The summed E-state index contributed by atoms with van der Waals surface area (Å²) in [6.07, 6.45) is 3.06. The minimum atomic E-state index is -0.140. The smallest absolute Gasteiger partial charge is 0.319 e. The lowest BCUT2D eigenvalue weighted by Crippen LogP contribution is -2.29. The Bertz CT molecular complexity index is 395. The minimum absolute atomic E-state index is 0.140. The lowest BCUT2D eigenvalue weighted by molar-refractivity contribution is 0.252. The summed E-state index contributed by atoms with van der Waals surface area (Å²) in [6, 6.07) is 8.14. The molecule has 0 aliphatic rings. The summed E-state index contributed by atoms with van der Waals surface area (Å²) in [5, 5.41) is 9.05. The molecule has 0 saturated heterocycles. The van der Waals surface area contributed by atoms with Crippen molar-refractivity contribution in [2.75, 3.05) is 30.4 Å². The third kappa shape index (κ3) is 6.30. The molecule has 1 atom stereocenters. The number of amides is 2. The maximum absolute atomic E-state index is 11.7. The zero-order valence-corrected chi connectivity index (χ0v) is 13.3. The van der Waals surface area contributed by atoms with Gasteiger partial charge in [0.05, 0.1) is 0 Å². The molecule has 1 rings (SSSR count). The van der Waals surface area contributed by atoms with Crippen LogP contribution in [0.2, 0.25) is 0 Å². The van der Waals surface area contributed by atoms with Crippen LogP contribution in [0.4, 0.5) is 10.5 Å². The molecule has 20 heavy (non-hydrogen) atoms. The van der Waals surface area contributed by atoms with Crippen molar-refractivity contribution in [1.29, 1.82) is 0 Å². The molecular formula is C15H25N3OS. The Morgan fingerprint density at radius 3 is 2.60 bits per heavy atom. The van der Waals surface area contributed by atoms with Gasteiger partial charge in [-0.05, 0) is 49.6 Å². The number of anilines is 1.